The van der Waals surface area contributed by atoms with Gasteiger partial charge in [-0.15, -0.1) is 0 Å². The summed E-state index contributed by atoms with van der Waals surface area (Å²) in [6.07, 6.45) is 1.25. The lowest BCUT2D eigenvalue weighted by Crippen LogP contribution is -2.11. The minimum Gasteiger partial charge on any atom is -0.493 e. The van der Waals surface area contributed by atoms with Gasteiger partial charge in [-0.3, -0.25) is 9.59 Å². The molecule has 6 heteroatoms. The quantitative estimate of drug-likeness (QED) is 0.411. The topological polar surface area (TPSA) is 75.0 Å². The Kier molecular flexibility index (Phi) is 5.48. The number of benzene rings is 3. The Labute approximate surface area is 172 Å². The zero-order valence-corrected chi connectivity index (χ0v) is 16.2. The number of rotatable bonds is 7. The van der Waals surface area contributed by atoms with Crippen molar-refractivity contribution in [1.29, 1.82) is 0 Å². The Balaban J connectivity index is 1.54. The predicted octanol–water partition coefficient (Wildman–Crippen LogP) is 4.86. The van der Waals surface area contributed by atoms with E-state index in [4.69, 9.17) is 18.6 Å². The maximum absolute atomic E-state index is 12.8. The van der Waals surface area contributed by atoms with E-state index < -0.39 is 0 Å². The van der Waals surface area contributed by atoms with Gasteiger partial charge in [0.15, 0.2) is 23.9 Å². The van der Waals surface area contributed by atoms with Gasteiger partial charge in [-0.05, 0) is 24.3 Å². The molecule has 0 aliphatic carbocycles. The van der Waals surface area contributed by atoms with Gasteiger partial charge in [0.05, 0.1) is 12.5 Å². The average molecular weight is 402 g/mol. The van der Waals surface area contributed by atoms with Crippen molar-refractivity contribution in [1.82, 2.24) is 0 Å². The predicted molar refractivity (Wildman–Crippen MR) is 112 cm³/mol. The van der Waals surface area contributed by atoms with Crippen LogP contribution in [0.25, 0.3) is 11.0 Å². The van der Waals surface area contributed by atoms with Crippen molar-refractivity contribution in [3.63, 3.8) is 0 Å². The summed E-state index contributed by atoms with van der Waals surface area (Å²) in [5.74, 6) is 1.24. The van der Waals surface area contributed by atoms with E-state index in [-0.39, 0.29) is 23.6 Å². The van der Waals surface area contributed by atoms with Gasteiger partial charge in [-0.2, -0.15) is 0 Å². The summed E-state index contributed by atoms with van der Waals surface area (Å²) in [5.41, 5.74) is 0.578. The number of hydrogen-bond acceptors (Lipinski definition) is 6. The lowest BCUT2D eigenvalue weighted by Gasteiger charge is -2.10. The van der Waals surface area contributed by atoms with Crippen LogP contribution in [0.3, 0.4) is 0 Å². The van der Waals surface area contributed by atoms with E-state index in [1.165, 1.54) is 13.4 Å². The first kappa shape index (κ1) is 19.3. The second-order valence-electron chi connectivity index (χ2n) is 6.42. The molecule has 4 rings (SSSR count). The summed E-state index contributed by atoms with van der Waals surface area (Å²) in [6.45, 7) is -0.116. The third kappa shape index (κ3) is 4.03. The van der Waals surface area contributed by atoms with E-state index >= 15 is 0 Å². The van der Waals surface area contributed by atoms with Gasteiger partial charge in [0.1, 0.15) is 17.6 Å². The average Bonchev–Trinajstić information content (AvgIpc) is 2.80. The molecule has 4 aromatic rings. The van der Waals surface area contributed by atoms with Crippen molar-refractivity contribution in [2.24, 2.45) is 0 Å². The number of ether oxygens (including phenoxy) is 3. The lowest BCUT2D eigenvalue weighted by molar-refractivity contribution is 0.0921. The van der Waals surface area contributed by atoms with Crippen molar-refractivity contribution in [2.45, 2.75) is 0 Å². The summed E-state index contributed by atoms with van der Waals surface area (Å²) >= 11 is 0. The minimum absolute atomic E-state index is 0.0416. The Morgan fingerprint density at radius 1 is 0.900 bits per heavy atom. The largest absolute Gasteiger partial charge is 0.493 e. The second kappa shape index (κ2) is 8.53. The van der Waals surface area contributed by atoms with Crippen LogP contribution in [0.5, 0.6) is 23.0 Å². The molecule has 150 valence electrons. The minimum atomic E-state index is -0.325. The highest BCUT2D eigenvalue weighted by Gasteiger charge is 2.13. The van der Waals surface area contributed by atoms with Crippen LogP contribution in [0.4, 0.5) is 0 Å². The molecular formula is C24H18O6. The fraction of sp³-hybridized carbons (Fsp3) is 0.0833. The Hall–Kier alpha value is -4.06. The van der Waals surface area contributed by atoms with Gasteiger partial charge in [0.2, 0.25) is 11.2 Å². The molecule has 1 aromatic heterocycles. The van der Waals surface area contributed by atoms with Crippen molar-refractivity contribution in [3.05, 3.63) is 94.8 Å². The third-order valence-electron chi connectivity index (χ3n) is 4.47. The van der Waals surface area contributed by atoms with Crippen LogP contribution in [0.15, 0.2) is 88.3 Å². The molecule has 0 aliphatic heterocycles. The van der Waals surface area contributed by atoms with Crippen LogP contribution < -0.4 is 19.6 Å². The van der Waals surface area contributed by atoms with Crippen LogP contribution in [0.1, 0.15) is 10.4 Å². The summed E-state index contributed by atoms with van der Waals surface area (Å²) in [5, 5.41) is 0.337. The zero-order chi connectivity index (χ0) is 20.9. The fourth-order valence-corrected chi connectivity index (χ4v) is 2.93. The van der Waals surface area contributed by atoms with Crippen LogP contribution >= 0.6 is 0 Å². The smallest absolute Gasteiger partial charge is 0.235 e. The molecule has 0 fully saturated rings. The van der Waals surface area contributed by atoms with Crippen molar-refractivity contribution >= 4 is 16.8 Å². The van der Waals surface area contributed by atoms with E-state index in [1.807, 2.05) is 6.07 Å². The molecule has 0 bridgehead atoms. The lowest BCUT2D eigenvalue weighted by atomic mass is 10.1. The summed E-state index contributed by atoms with van der Waals surface area (Å²) in [4.78, 5) is 25.0. The monoisotopic (exact) mass is 402 g/mol. The van der Waals surface area contributed by atoms with Crippen molar-refractivity contribution < 1.29 is 23.4 Å². The Morgan fingerprint density at radius 3 is 2.40 bits per heavy atom. The highest BCUT2D eigenvalue weighted by atomic mass is 16.5. The third-order valence-corrected chi connectivity index (χ3v) is 4.47. The van der Waals surface area contributed by atoms with Crippen LogP contribution in [0.2, 0.25) is 0 Å². The molecule has 30 heavy (non-hydrogen) atoms. The summed E-state index contributed by atoms with van der Waals surface area (Å²) < 4.78 is 22.1. The number of para-hydroxylation sites is 2. The van der Waals surface area contributed by atoms with Gasteiger partial charge in [0.25, 0.3) is 0 Å². The maximum Gasteiger partial charge on any atom is 0.235 e. The zero-order valence-electron chi connectivity index (χ0n) is 16.2. The van der Waals surface area contributed by atoms with Crippen LogP contribution in [-0.4, -0.2) is 19.5 Å². The normalized spacial score (nSPS) is 10.6. The van der Waals surface area contributed by atoms with E-state index in [2.05, 4.69) is 0 Å². The molecule has 0 spiro atoms. The number of fused-ring (bicyclic) bond motifs is 1. The van der Waals surface area contributed by atoms with E-state index in [0.29, 0.717) is 33.8 Å². The van der Waals surface area contributed by atoms with Crippen molar-refractivity contribution in [3.8, 4) is 23.0 Å². The highest BCUT2D eigenvalue weighted by molar-refractivity contribution is 5.97. The number of carbonyl (C=O) groups excluding carboxylic acids is 1. The maximum atomic E-state index is 12.8. The van der Waals surface area contributed by atoms with E-state index in [0.717, 1.165) is 0 Å². The molecular weight excluding hydrogens is 384 g/mol. The van der Waals surface area contributed by atoms with E-state index in [1.54, 1.807) is 66.7 Å². The number of hydrogen-bond donors (Lipinski definition) is 0. The van der Waals surface area contributed by atoms with Gasteiger partial charge in [-0.1, -0.05) is 42.5 Å². The first-order chi connectivity index (χ1) is 14.7. The number of methoxy groups -OCH3 is 1. The second-order valence-corrected chi connectivity index (χ2v) is 6.42. The van der Waals surface area contributed by atoms with Crippen molar-refractivity contribution in [2.75, 3.05) is 13.7 Å². The number of carbonyl (C=O) groups is 1. The standard InChI is InChI=1S/C24H18O6/c1-27-20-9-5-6-10-21(20)30-23-15-29-22-13-17(11-12-18(22)24(23)26)28-14-19(25)16-7-3-2-4-8-16/h2-13,15H,14H2,1H3. The SMILES string of the molecule is COc1ccccc1Oc1coc2cc(OCC(=O)c3ccccc3)ccc2c1=O. The molecule has 1 heterocycles. The molecule has 0 saturated heterocycles. The molecule has 0 unspecified atom stereocenters. The molecule has 3 aromatic carbocycles. The molecule has 0 saturated carbocycles. The molecule has 6 nitrogen and oxygen atoms in total. The molecule has 0 N–H and O–H groups in total. The summed E-state index contributed by atoms with van der Waals surface area (Å²) in [6, 6.07) is 20.7. The molecule has 0 atom stereocenters. The molecule has 0 amide bonds. The van der Waals surface area contributed by atoms with Crippen LogP contribution in [0, 0.1) is 0 Å². The molecule has 0 aliphatic rings. The van der Waals surface area contributed by atoms with Gasteiger partial charge in [-0.25, -0.2) is 0 Å². The summed E-state index contributed by atoms with van der Waals surface area (Å²) in [7, 11) is 1.52. The Bertz CT molecular complexity index is 1240. The van der Waals surface area contributed by atoms with E-state index in [9.17, 15) is 9.59 Å². The number of ketones is 1. The van der Waals surface area contributed by atoms with Gasteiger partial charge < -0.3 is 18.6 Å². The fourth-order valence-electron chi connectivity index (χ4n) is 2.93. The molecule has 0 radical (unpaired) electrons. The number of Topliss-reactive ketones (excluding diaryl/α,β-unsaturated/α-hetero) is 1. The van der Waals surface area contributed by atoms with Crippen LogP contribution in [-0.2, 0) is 0 Å². The van der Waals surface area contributed by atoms with Gasteiger partial charge in [0, 0.05) is 11.6 Å². The van der Waals surface area contributed by atoms with Gasteiger partial charge >= 0.3 is 0 Å². The highest BCUT2D eigenvalue weighted by Crippen LogP contribution is 2.30. The first-order valence-corrected chi connectivity index (χ1v) is 9.23. The Morgan fingerprint density at radius 2 is 1.63 bits per heavy atom. The first-order valence-electron chi connectivity index (χ1n) is 9.23.